The van der Waals surface area contributed by atoms with Gasteiger partial charge in [0.15, 0.2) is 5.82 Å². The highest BCUT2D eigenvalue weighted by Crippen LogP contribution is 2.32. The minimum absolute atomic E-state index is 0.356. The van der Waals surface area contributed by atoms with Gasteiger partial charge in [0.2, 0.25) is 5.89 Å². The van der Waals surface area contributed by atoms with Gasteiger partial charge in [-0.15, -0.1) is 0 Å². The van der Waals surface area contributed by atoms with Crippen LogP contribution in [-0.4, -0.2) is 23.2 Å². The number of fused-ring (bicyclic) bond motifs is 1. The van der Waals surface area contributed by atoms with Crippen molar-refractivity contribution in [3.8, 4) is 0 Å². The molecule has 1 heterocycles. The van der Waals surface area contributed by atoms with Crippen molar-refractivity contribution in [2.45, 2.75) is 38.1 Å². The molecule has 4 nitrogen and oxygen atoms in total. The second-order valence-corrected chi connectivity index (χ2v) is 5.31. The van der Waals surface area contributed by atoms with Crippen molar-refractivity contribution in [3.63, 3.8) is 0 Å². The van der Waals surface area contributed by atoms with Gasteiger partial charge in [0, 0.05) is 18.4 Å². The first-order valence-corrected chi connectivity index (χ1v) is 6.82. The molecular weight excluding hydrogens is 238 g/mol. The molecule has 19 heavy (non-hydrogen) atoms. The van der Waals surface area contributed by atoms with E-state index in [1.807, 2.05) is 7.05 Å². The lowest BCUT2D eigenvalue weighted by molar-refractivity contribution is 0.358. The molecule has 0 radical (unpaired) electrons. The van der Waals surface area contributed by atoms with E-state index >= 15 is 0 Å². The van der Waals surface area contributed by atoms with Crippen LogP contribution >= 0.6 is 0 Å². The molecular formula is C15H19N3O. The van der Waals surface area contributed by atoms with E-state index in [0.29, 0.717) is 12.0 Å². The molecule has 100 valence electrons. The van der Waals surface area contributed by atoms with Gasteiger partial charge in [0.05, 0.1) is 0 Å². The van der Waals surface area contributed by atoms with Crippen molar-refractivity contribution in [2.75, 3.05) is 7.05 Å². The molecule has 0 spiro atoms. The molecule has 3 rings (SSSR count). The van der Waals surface area contributed by atoms with Gasteiger partial charge in [0.25, 0.3) is 0 Å². The molecule has 1 aromatic heterocycles. The van der Waals surface area contributed by atoms with Gasteiger partial charge >= 0.3 is 0 Å². The van der Waals surface area contributed by atoms with E-state index in [9.17, 15) is 0 Å². The summed E-state index contributed by atoms with van der Waals surface area (Å²) in [6.07, 6.45) is 2.83. The van der Waals surface area contributed by atoms with Gasteiger partial charge in [-0.1, -0.05) is 29.4 Å². The monoisotopic (exact) mass is 257 g/mol. The van der Waals surface area contributed by atoms with Crippen molar-refractivity contribution in [3.05, 3.63) is 47.1 Å². The number of aromatic nitrogens is 2. The molecule has 1 N–H and O–H groups in total. The smallest absolute Gasteiger partial charge is 0.228 e. The average Bonchev–Trinajstić information content (AvgIpc) is 3.04. The van der Waals surface area contributed by atoms with E-state index in [2.05, 4.69) is 46.6 Å². The summed E-state index contributed by atoms with van der Waals surface area (Å²) in [6, 6.07) is 8.93. The molecule has 0 bridgehead atoms. The zero-order valence-corrected chi connectivity index (χ0v) is 11.4. The van der Waals surface area contributed by atoms with Crippen LogP contribution in [0.15, 0.2) is 28.8 Å². The quantitative estimate of drug-likeness (QED) is 0.911. The fourth-order valence-electron chi connectivity index (χ4n) is 2.62. The number of nitrogens with one attached hydrogen (secondary N) is 1. The Labute approximate surface area is 113 Å². The fourth-order valence-corrected chi connectivity index (χ4v) is 2.62. The molecule has 0 amide bonds. The lowest BCUT2D eigenvalue weighted by atomic mass is 10.1. The van der Waals surface area contributed by atoms with Crippen molar-refractivity contribution in [1.82, 2.24) is 15.5 Å². The highest BCUT2D eigenvalue weighted by molar-refractivity contribution is 5.34. The maximum absolute atomic E-state index is 5.35. The van der Waals surface area contributed by atoms with Crippen LogP contribution in [0.5, 0.6) is 0 Å². The minimum Gasteiger partial charge on any atom is -0.339 e. The Balaban J connectivity index is 1.72. The molecule has 0 saturated heterocycles. The molecule has 0 fully saturated rings. The molecule has 2 aromatic rings. The molecule has 4 heteroatoms. The molecule has 1 aliphatic rings. The van der Waals surface area contributed by atoms with Crippen LogP contribution in [0.4, 0.5) is 0 Å². The normalized spacial score (nSPS) is 16.5. The number of rotatable bonds is 4. The summed E-state index contributed by atoms with van der Waals surface area (Å²) in [4.78, 5) is 4.55. The maximum Gasteiger partial charge on any atom is 0.228 e. The Morgan fingerprint density at radius 2 is 2.00 bits per heavy atom. The Morgan fingerprint density at radius 3 is 2.63 bits per heavy atom. The SMILES string of the molecule is CNC(C)Cc1nc(C2Cc3ccccc3C2)no1. The third-order valence-corrected chi connectivity index (χ3v) is 3.87. The second kappa shape index (κ2) is 5.13. The Hall–Kier alpha value is -1.68. The summed E-state index contributed by atoms with van der Waals surface area (Å²) < 4.78 is 5.35. The largest absolute Gasteiger partial charge is 0.339 e. The van der Waals surface area contributed by atoms with E-state index in [4.69, 9.17) is 4.52 Å². The first-order valence-electron chi connectivity index (χ1n) is 6.82. The lowest BCUT2D eigenvalue weighted by Crippen LogP contribution is -2.23. The Morgan fingerprint density at radius 1 is 1.32 bits per heavy atom. The maximum atomic E-state index is 5.35. The van der Waals surface area contributed by atoms with Crippen molar-refractivity contribution in [2.24, 2.45) is 0 Å². The summed E-state index contributed by atoms with van der Waals surface area (Å²) in [5, 5.41) is 7.33. The molecule has 1 aromatic carbocycles. The van der Waals surface area contributed by atoms with Crippen LogP contribution in [0, 0.1) is 0 Å². The number of hydrogen-bond donors (Lipinski definition) is 1. The number of benzene rings is 1. The number of nitrogens with zero attached hydrogens (tertiary/aromatic N) is 2. The van der Waals surface area contributed by atoms with Crippen molar-refractivity contribution < 1.29 is 4.52 Å². The van der Waals surface area contributed by atoms with E-state index in [0.717, 1.165) is 31.0 Å². The third-order valence-electron chi connectivity index (χ3n) is 3.87. The summed E-state index contributed by atoms with van der Waals surface area (Å²) in [7, 11) is 1.94. The van der Waals surface area contributed by atoms with Crippen LogP contribution in [0.25, 0.3) is 0 Å². The zero-order chi connectivity index (χ0) is 13.2. The predicted octanol–water partition coefficient (Wildman–Crippen LogP) is 2.10. The van der Waals surface area contributed by atoms with Crippen LogP contribution < -0.4 is 5.32 Å². The molecule has 0 aliphatic heterocycles. The van der Waals surface area contributed by atoms with Crippen LogP contribution in [0.1, 0.15) is 35.7 Å². The molecule has 1 unspecified atom stereocenters. The number of likely N-dealkylation sites (N-methyl/N-ethyl adjacent to an activating group) is 1. The van der Waals surface area contributed by atoms with E-state index in [1.165, 1.54) is 11.1 Å². The summed E-state index contributed by atoms with van der Waals surface area (Å²) in [5.74, 6) is 1.96. The van der Waals surface area contributed by atoms with Gasteiger partial charge in [0.1, 0.15) is 0 Å². The first-order chi connectivity index (χ1) is 9.26. The topological polar surface area (TPSA) is 51.0 Å². The first kappa shape index (κ1) is 12.4. The van der Waals surface area contributed by atoms with Crippen LogP contribution in [0.3, 0.4) is 0 Å². The summed E-state index contributed by atoms with van der Waals surface area (Å²) in [6.45, 7) is 2.11. The second-order valence-electron chi connectivity index (χ2n) is 5.31. The third kappa shape index (κ3) is 2.54. The zero-order valence-electron chi connectivity index (χ0n) is 11.4. The van der Waals surface area contributed by atoms with Gasteiger partial charge in [-0.3, -0.25) is 0 Å². The highest BCUT2D eigenvalue weighted by atomic mass is 16.5. The van der Waals surface area contributed by atoms with E-state index in [1.54, 1.807) is 0 Å². The average molecular weight is 257 g/mol. The highest BCUT2D eigenvalue weighted by Gasteiger charge is 2.26. The molecule has 1 atom stereocenters. The summed E-state index contributed by atoms with van der Waals surface area (Å²) in [5.41, 5.74) is 2.84. The lowest BCUT2D eigenvalue weighted by Gasteiger charge is -2.05. The van der Waals surface area contributed by atoms with Crippen molar-refractivity contribution >= 4 is 0 Å². The van der Waals surface area contributed by atoms with Crippen LogP contribution in [0.2, 0.25) is 0 Å². The van der Waals surface area contributed by atoms with E-state index in [-0.39, 0.29) is 0 Å². The molecule has 0 saturated carbocycles. The van der Waals surface area contributed by atoms with Gasteiger partial charge in [-0.05, 0) is 37.9 Å². The van der Waals surface area contributed by atoms with Gasteiger partial charge in [-0.25, -0.2) is 0 Å². The molecule has 1 aliphatic carbocycles. The summed E-state index contributed by atoms with van der Waals surface area (Å²) >= 11 is 0. The Bertz CT molecular complexity index is 539. The predicted molar refractivity (Wildman–Crippen MR) is 73.1 cm³/mol. The van der Waals surface area contributed by atoms with Crippen LogP contribution in [-0.2, 0) is 19.3 Å². The van der Waals surface area contributed by atoms with Gasteiger partial charge < -0.3 is 9.84 Å². The van der Waals surface area contributed by atoms with E-state index < -0.39 is 0 Å². The Kier molecular flexibility index (Phi) is 3.34. The standard InChI is InChI=1S/C15H19N3O/c1-10(16-2)7-14-17-15(18-19-14)13-8-11-5-3-4-6-12(11)9-13/h3-6,10,13,16H,7-9H2,1-2H3. The minimum atomic E-state index is 0.356. The van der Waals surface area contributed by atoms with Gasteiger partial charge in [-0.2, -0.15) is 4.98 Å². The fraction of sp³-hybridized carbons (Fsp3) is 0.467. The number of hydrogen-bond acceptors (Lipinski definition) is 4. The van der Waals surface area contributed by atoms with Crippen molar-refractivity contribution in [1.29, 1.82) is 0 Å².